The number of ether oxygens (including phenoxy) is 4. The van der Waals surface area contributed by atoms with Crippen LogP contribution in [0.5, 0.6) is 0 Å². The van der Waals surface area contributed by atoms with Gasteiger partial charge in [-0.1, -0.05) is 60.7 Å². The molecule has 1 saturated heterocycles. The molecule has 0 saturated carbocycles. The second kappa shape index (κ2) is 10.5. The molecule has 156 valence electrons. The molecule has 2 aromatic carbocycles. The van der Waals surface area contributed by atoms with Crippen molar-refractivity contribution in [1.29, 1.82) is 0 Å². The van der Waals surface area contributed by atoms with Crippen LogP contribution < -0.4 is 0 Å². The molecule has 1 aliphatic rings. The summed E-state index contributed by atoms with van der Waals surface area (Å²) in [5.41, 5.74) is 1.83. The second-order valence-electron chi connectivity index (χ2n) is 6.84. The van der Waals surface area contributed by atoms with Crippen molar-refractivity contribution in [1.82, 2.24) is 0 Å². The van der Waals surface area contributed by atoms with Gasteiger partial charge < -0.3 is 29.2 Å². The molecule has 1 fully saturated rings. The van der Waals surface area contributed by atoms with Gasteiger partial charge in [-0.05, 0) is 11.1 Å². The average Bonchev–Trinajstić information content (AvgIpc) is 2.73. The summed E-state index contributed by atoms with van der Waals surface area (Å²) < 4.78 is 22.8. The van der Waals surface area contributed by atoms with E-state index in [1.54, 1.807) is 0 Å². The van der Waals surface area contributed by atoms with Crippen LogP contribution in [0.15, 0.2) is 60.7 Å². The highest BCUT2D eigenvalue weighted by Gasteiger charge is 2.48. The van der Waals surface area contributed by atoms with Crippen LogP contribution in [-0.4, -0.2) is 53.5 Å². The molecular formula is C22H26O7. The Kier molecular flexibility index (Phi) is 7.74. The second-order valence-corrected chi connectivity index (χ2v) is 6.84. The SMILES string of the molecule is CC(=O)O[C@@H]1C(CO)O[C@H](O)C(OCc2ccccc2)C1OCc1ccccc1. The minimum atomic E-state index is -1.34. The van der Waals surface area contributed by atoms with E-state index in [9.17, 15) is 15.0 Å². The normalized spacial score (nSPS) is 26.8. The molecule has 3 rings (SSSR count). The number of benzene rings is 2. The lowest BCUT2D eigenvalue weighted by molar-refractivity contribution is -0.309. The van der Waals surface area contributed by atoms with Gasteiger partial charge in [0.25, 0.3) is 0 Å². The topological polar surface area (TPSA) is 94.5 Å². The van der Waals surface area contributed by atoms with E-state index in [-0.39, 0.29) is 13.2 Å². The van der Waals surface area contributed by atoms with E-state index in [4.69, 9.17) is 18.9 Å². The van der Waals surface area contributed by atoms with Gasteiger partial charge in [0.1, 0.15) is 18.3 Å². The van der Waals surface area contributed by atoms with Crippen LogP contribution in [0, 0.1) is 0 Å². The third kappa shape index (κ3) is 5.85. The van der Waals surface area contributed by atoms with Crippen molar-refractivity contribution in [2.45, 2.75) is 50.8 Å². The Labute approximate surface area is 169 Å². The lowest BCUT2D eigenvalue weighted by atomic mass is 9.98. The Morgan fingerprint density at radius 2 is 1.41 bits per heavy atom. The van der Waals surface area contributed by atoms with Crippen LogP contribution in [-0.2, 0) is 37.0 Å². The number of esters is 1. The smallest absolute Gasteiger partial charge is 0.303 e. The van der Waals surface area contributed by atoms with Crippen molar-refractivity contribution >= 4 is 5.97 Å². The molecule has 1 aliphatic heterocycles. The highest BCUT2D eigenvalue weighted by molar-refractivity contribution is 5.66. The summed E-state index contributed by atoms with van der Waals surface area (Å²) in [7, 11) is 0. The highest BCUT2D eigenvalue weighted by Crippen LogP contribution is 2.28. The number of aliphatic hydroxyl groups excluding tert-OH is 2. The number of carbonyl (C=O) groups excluding carboxylic acids is 1. The zero-order valence-electron chi connectivity index (χ0n) is 16.2. The molecule has 2 aromatic rings. The van der Waals surface area contributed by atoms with Crippen LogP contribution in [0.3, 0.4) is 0 Å². The largest absolute Gasteiger partial charge is 0.457 e. The minimum absolute atomic E-state index is 0.216. The summed E-state index contributed by atoms with van der Waals surface area (Å²) in [5.74, 6) is -0.538. The van der Waals surface area contributed by atoms with Gasteiger partial charge in [-0.3, -0.25) is 4.79 Å². The van der Waals surface area contributed by atoms with Crippen LogP contribution in [0.4, 0.5) is 0 Å². The summed E-state index contributed by atoms with van der Waals surface area (Å²) >= 11 is 0. The fourth-order valence-electron chi connectivity index (χ4n) is 3.28. The van der Waals surface area contributed by atoms with Gasteiger partial charge in [0.05, 0.1) is 19.8 Å². The first-order valence-electron chi connectivity index (χ1n) is 9.51. The van der Waals surface area contributed by atoms with Crippen LogP contribution in [0.2, 0.25) is 0 Å². The van der Waals surface area contributed by atoms with E-state index < -0.39 is 43.3 Å². The van der Waals surface area contributed by atoms with Gasteiger partial charge in [-0.2, -0.15) is 0 Å². The maximum absolute atomic E-state index is 11.6. The van der Waals surface area contributed by atoms with Gasteiger partial charge in [-0.25, -0.2) is 0 Å². The third-order valence-corrected chi connectivity index (χ3v) is 4.66. The Bertz CT molecular complexity index is 752. The minimum Gasteiger partial charge on any atom is -0.457 e. The van der Waals surface area contributed by atoms with Crippen LogP contribution in [0.25, 0.3) is 0 Å². The summed E-state index contributed by atoms with van der Waals surface area (Å²) in [6.45, 7) is 1.27. The van der Waals surface area contributed by atoms with Crippen molar-refractivity contribution in [3.8, 4) is 0 Å². The predicted octanol–water partition coefficient (Wildman–Crippen LogP) is 1.80. The average molecular weight is 402 g/mol. The Morgan fingerprint density at radius 3 is 1.90 bits per heavy atom. The lowest BCUT2D eigenvalue weighted by Crippen LogP contribution is -2.61. The van der Waals surface area contributed by atoms with E-state index in [2.05, 4.69) is 0 Å². The van der Waals surface area contributed by atoms with E-state index >= 15 is 0 Å². The molecule has 0 bridgehead atoms. The van der Waals surface area contributed by atoms with E-state index in [0.29, 0.717) is 0 Å². The maximum Gasteiger partial charge on any atom is 0.303 e. The molecule has 0 aliphatic carbocycles. The molecule has 2 N–H and O–H groups in total. The molecular weight excluding hydrogens is 376 g/mol. The fraction of sp³-hybridized carbons (Fsp3) is 0.409. The predicted molar refractivity (Wildman–Crippen MR) is 104 cm³/mol. The first kappa shape index (κ1) is 21.4. The van der Waals surface area contributed by atoms with Gasteiger partial charge in [0, 0.05) is 6.92 Å². The molecule has 0 aromatic heterocycles. The zero-order chi connectivity index (χ0) is 20.6. The standard InChI is InChI=1S/C22H26O7/c1-15(24)28-19-18(12-23)29-22(25)21(27-14-17-10-6-3-7-11-17)20(19)26-13-16-8-4-2-5-9-16/h2-11,18-23,25H,12-14H2,1H3/t18?,19-,20?,21?,22+/m1/s1. The number of hydrogen-bond acceptors (Lipinski definition) is 7. The summed E-state index contributed by atoms with van der Waals surface area (Å²) in [4.78, 5) is 11.6. The third-order valence-electron chi connectivity index (χ3n) is 4.66. The lowest BCUT2D eigenvalue weighted by Gasteiger charge is -2.43. The Morgan fingerprint density at radius 1 is 0.897 bits per heavy atom. The molecule has 0 amide bonds. The Balaban J connectivity index is 1.79. The molecule has 7 heteroatoms. The van der Waals surface area contributed by atoms with E-state index in [1.807, 2.05) is 60.7 Å². The molecule has 5 atom stereocenters. The quantitative estimate of drug-likeness (QED) is 0.650. The van der Waals surface area contributed by atoms with Crippen molar-refractivity contribution in [2.24, 2.45) is 0 Å². The molecule has 0 spiro atoms. The van der Waals surface area contributed by atoms with E-state index in [1.165, 1.54) is 6.92 Å². The van der Waals surface area contributed by atoms with Crippen LogP contribution in [0.1, 0.15) is 18.1 Å². The van der Waals surface area contributed by atoms with Gasteiger partial charge in [-0.15, -0.1) is 0 Å². The fourth-order valence-corrected chi connectivity index (χ4v) is 3.28. The number of aliphatic hydroxyl groups is 2. The molecule has 7 nitrogen and oxygen atoms in total. The van der Waals surface area contributed by atoms with Gasteiger partial charge in [0.15, 0.2) is 12.4 Å². The Hall–Kier alpha value is -2.29. The number of hydrogen-bond donors (Lipinski definition) is 2. The van der Waals surface area contributed by atoms with Gasteiger partial charge >= 0.3 is 5.97 Å². The first-order chi connectivity index (χ1) is 14.1. The summed E-state index contributed by atoms with van der Waals surface area (Å²) in [5, 5.41) is 20.2. The summed E-state index contributed by atoms with van der Waals surface area (Å²) in [6.07, 6.45) is -4.94. The van der Waals surface area contributed by atoms with Crippen molar-refractivity contribution in [3.63, 3.8) is 0 Å². The first-order valence-corrected chi connectivity index (χ1v) is 9.51. The molecule has 29 heavy (non-hydrogen) atoms. The van der Waals surface area contributed by atoms with Crippen LogP contribution >= 0.6 is 0 Å². The molecule has 3 unspecified atom stereocenters. The monoisotopic (exact) mass is 402 g/mol. The van der Waals surface area contributed by atoms with Gasteiger partial charge in [0.2, 0.25) is 0 Å². The summed E-state index contributed by atoms with van der Waals surface area (Å²) in [6, 6.07) is 19.0. The van der Waals surface area contributed by atoms with Crippen molar-refractivity contribution in [3.05, 3.63) is 71.8 Å². The van der Waals surface area contributed by atoms with Crippen molar-refractivity contribution in [2.75, 3.05) is 6.61 Å². The zero-order valence-corrected chi connectivity index (χ0v) is 16.2. The molecule has 0 radical (unpaired) electrons. The number of rotatable bonds is 8. The molecule has 1 heterocycles. The maximum atomic E-state index is 11.6. The van der Waals surface area contributed by atoms with E-state index in [0.717, 1.165) is 11.1 Å². The highest BCUT2D eigenvalue weighted by atomic mass is 16.7. The van der Waals surface area contributed by atoms with Crippen molar-refractivity contribution < 1.29 is 34.0 Å². The number of carbonyl (C=O) groups is 1.